The second kappa shape index (κ2) is 7.56. The first-order valence-corrected chi connectivity index (χ1v) is 9.40. The Balaban J connectivity index is 1.64. The van der Waals surface area contributed by atoms with Gasteiger partial charge in [-0.15, -0.1) is 0 Å². The van der Waals surface area contributed by atoms with E-state index in [1.165, 1.54) is 12.1 Å². The molecule has 0 spiro atoms. The zero-order valence-electron chi connectivity index (χ0n) is 15.7. The third-order valence-electron chi connectivity index (χ3n) is 5.30. The maximum atomic E-state index is 13.4. The van der Waals surface area contributed by atoms with E-state index in [1.54, 1.807) is 24.0 Å². The summed E-state index contributed by atoms with van der Waals surface area (Å²) in [5.41, 5.74) is 3.01. The lowest BCUT2D eigenvalue weighted by molar-refractivity contribution is -0.130. The van der Waals surface area contributed by atoms with Crippen molar-refractivity contribution in [3.8, 4) is 11.3 Å². The van der Waals surface area contributed by atoms with Gasteiger partial charge in [-0.3, -0.25) is 14.5 Å². The molecular weight excluding hydrogens is 357 g/mol. The van der Waals surface area contributed by atoms with Crippen LogP contribution in [-0.4, -0.2) is 59.2 Å². The maximum absolute atomic E-state index is 13.4. The molecule has 1 aliphatic heterocycles. The van der Waals surface area contributed by atoms with Crippen LogP contribution in [0.4, 0.5) is 4.39 Å². The van der Waals surface area contributed by atoms with Crippen LogP contribution in [0.2, 0.25) is 0 Å². The third-order valence-corrected chi connectivity index (χ3v) is 5.30. The van der Waals surface area contributed by atoms with Gasteiger partial charge >= 0.3 is 0 Å². The smallest absolute Gasteiger partial charge is 0.219 e. The van der Waals surface area contributed by atoms with Gasteiger partial charge in [-0.25, -0.2) is 4.39 Å². The number of piperazine rings is 1. The quantitative estimate of drug-likeness (QED) is 0.708. The van der Waals surface area contributed by atoms with Crippen molar-refractivity contribution in [1.29, 1.82) is 0 Å². The molecule has 3 aromatic rings. The first kappa shape index (κ1) is 18.4. The van der Waals surface area contributed by atoms with Crippen LogP contribution in [0.1, 0.15) is 17.3 Å². The molecule has 1 saturated heterocycles. The van der Waals surface area contributed by atoms with Gasteiger partial charge in [0.15, 0.2) is 5.78 Å². The van der Waals surface area contributed by atoms with Gasteiger partial charge in [-0.1, -0.05) is 18.2 Å². The van der Waals surface area contributed by atoms with Crippen molar-refractivity contribution in [2.75, 3.05) is 32.7 Å². The number of aromatic nitrogens is 1. The molecule has 0 aliphatic carbocycles. The van der Waals surface area contributed by atoms with E-state index >= 15 is 0 Å². The molecule has 1 aliphatic rings. The number of nitrogens with one attached hydrogen (secondary N) is 1. The summed E-state index contributed by atoms with van der Waals surface area (Å²) >= 11 is 0. The number of para-hydroxylation sites is 1. The topological polar surface area (TPSA) is 56.4 Å². The van der Waals surface area contributed by atoms with Crippen LogP contribution < -0.4 is 0 Å². The van der Waals surface area contributed by atoms with Crippen LogP contribution in [-0.2, 0) is 4.79 Å². The largest absolute Gasteiger partial charge is 0.354 e. The lowest BCUT2D eigenvalue weighted by Crippen LogP contribution is -2.49. The first-order valence-electron chi connectivity index (χ1n) is 9.40. The average molecular weight is 379 g/mol. The minimum Gasteiger partial charge on any atom is -0.354 e. The summed E-state index contributed by atoms with van der Waals surface area (Å²) in [6.07, 6.45) is 0. The van der Waals surface area contributed by atoms with Gasteiger partial charge in [0.2, 0.25) is 5.91 Å². The van der Waals surface area contributed by atoms with Gasteiger partial charge in [0.25, 0.3) is 0 Å². The van der Waals surface area contributed by atoms with Gasteiger partial charge < -0.3 is 9.88 Å². The monoisotopic (exact) mass is 379 g/mol. The van der Waals surface area contributed by atoms with Crippen LogP contribution in [0, 0.1) is 5.82 Å². The fourth-order valence-electron chi connectivity index (χ4n) is 3.77. The molecule has 1 amide bonds. The second-order valence-electron chi connectivity index (χ2n) is 7.13. The average Bonchev–Trinajstić information content (AvgIpc) is 3.08. The molecule has 4 rings (SSSR count). The van der Waals surface area contributed by atoms with Crippen molar-refractivity contribution < 1.29 is 14.0 Å². The molecule has 28 heavy (non-hydrogen) atoms. The van der Waals surface area contributed by atoms with Crippen LogP contribution >= 0.6 is 0 Å². The number of ketones is 1. The van der Waals surface area contributed by atoms with E-state index in [4.69, 9.17) is 0 Å². The summed E-state index contributed by atoms with van der Waals surface area (Å²) in [6.45, 7) is 4.51. The summed E-state index contributed by atoms with van der Waals surface area (Å²) in [7, 11) is 0. The Kier molecular flexibility index (Phi) is 4.96. The van der Waals surface area contributed by atoms with E-state index in [-0.39, 0.29) is 17.5 Å². The lowest BCUT2D eigenvalue weighted by atomic mass is 10.0. The van der Waals surface area contributed by atoms with Gasteiger partial charge in [0.05, 0.1) is 17.8 Å². The Bertz CT molecular complexity index is 1020. The zero-order chi connectivity index (χ0) is 19.7. The molecule has 5 nitrogen and oxygen atoms in total. The van der Waals surface area contributed by atoms with E-state index in [2.05, 4.69) is 9.88 Å². The highest BCUT2D eigenvalue weighted by molar-refractivity contribution is 6.14. The van der Waals surface area contributed by atoms with Crippen molar-refractivity contribution in [2.45, 2.75) is 6.92 Å². The van der Waals surface area contributed by atoms with Gasteiger partial charge in [-0.2, -0.15) is 0 Å². The predicted octanol–water partition coefficient (Wildman–Crippen LogP) is 3.32. The zero-order valence-corrected chi connectivity index (χ0v) is 15.7. The molecule has 1 aromatic heterocycles. The van der Waals surface area contributed by atoms with Crippen molar-refractivity contribution in [3.05, 3.63) is 59.9 Å². The molecule has 0 atom stereocenters. The van der Waals surface area contributed by atoms with Crippen LogP contribution in [0.25, 0.3) is 22.2 Å². The number of aromatic amines is 1. The predicted molar refractivity (Wildman–Crippen MR) is 107 cm³/mol. The van der Waals surface area contributed by atoms with Crippen LogP contribution in [0.15, 0.2) is 48.5 Å². The number of nitrogens with zero attached hydrogens (tertiary/aromatic N) is 2. The van der Waals surface area contributed by atoms with E-state index in [9.17, 15) is 14.0 Å². The van der Waals surface area contributed by atoms with Crippen LogP contribution in [0.5, 0.6) is 0 Å². The SMILES string of the molecule is CC(=O)N1CCN(CC(=O)c2c(-c3ccc(F)cc3)[nH]c3ccccc23)CC1. The van der Waals surface area contributed by atoms with Crippen LogP contribution in [0.3, 0.4) is 0 Å². The van der Waals surface area contributed by atoms with Gasteiger partial charge in [0, 0.05) is 44.0 Å². The Morgan fingerprint density at radius 2 is 1.68 bits per heavy atom. The summed E-state index contributed by atoms with van der Waals surface area (Å²) in [5.74, 6) is -0.217. The Morgan fingerprint density at radius 3 is 2.36 bits per heavy atom. The van der Waals surface area contributed by atoms with Gasteiger partial charge in [-0.05, 0) is 35.9 Å². The maximum Gasteiger partial charge on any atom is 0.219 e. The Labute approximate surface area is 162 Å². The van der Waals surface area contributed by atoms with E-state index in [0.29, 0.717) is 44.0 Å². The summed E-state index contributed by atoms with van der Waals surface area (Å²) in [6, 6.07) is 13.9. The van der Waals surface area contributed by atoms with Crippen molar-refractivity contribution in [3.63, 3.8) is 0 Å². The number of H-pyrrole nitrogens is 1. The number of halogens is 1. The molecule has 6 heteroatoms. The van der Waals surface area contributed by atoms with Crippen molar-refractivity contribution >= 4 is 22.6 Å². The number of Topliss-reactive ketones (excluding diaryl/α,β-unsaturated/α-hetero) is 1. The molecule has 1 fully saturated rings. The molecule has 2 aromatic carbocycles. The molecular formula is C22H22FN3O2. The highest BCUT2D eigenvalue weighted by atomic mass is 19.1. The molecule has 1 N–H and O–H groups in total. The Hall–Kier alpha value is -2.99. The number of fused-ring (bicyclic) bond motifs is 1. The normalized spacial score (nSPS) is 15.1. The molecule has 2 heterocycles. The minimum atomic E-state index is -0.309. The highest BCUT2D eigenvalue weighted by Crippen LogP contribution is 2.31. The van der Waals surface area contributed by atoms with Gasteiger partial charge in [0.1, 0.15) is 5.82 Å². The van der Waals surface area contributed by atoms with Crippen molar-refractivity contribution in [2.24, 2.45) is 0 Å². The lowest BCUT2D eigenvalue weighted by Gasteiger charge is -2.33. The van der Waals surface area contributed by atoms with Crippen molar-refractivity contribution in [1.82, 2.24) is 14.8 Å². The molecule has 0 radical (unpaired) electrons. The standard InChI is InChI=1S/C22H22FN3O2/c1-15(27)26-12-10-25(11-13-26)14-20(28)21-18-4-2-3-5-19(18)24-22(21)16-6-8-17(23)9-7-16/h2-9,24H,10-14H2,1H3. The highest BCUT2D eigenvalue weighted by Gasteiger charge is 2.24. The number of hydrogen-bond acceptors (Lipinski definition) is 3. The fourth-order valence-corrected chi connectivity index (χ4v) is 3.77. The fraction of sp³-hybridized carbons (Fsp3) is 0.273. The third kappa shape index (κ3) is 3.55. The Morgan fingerprint density at radius 1 is 1.00 bits per heavy atom. The first-order chi connectivity index (χ1) is 13.5. The second-order valence-corrected chi connectivity index (χ2v) is 7.13. The number of carbonyl (C=O) groups excluding carboxylic acids is 2. The number of amides is 1. The van der Waals surface area contributed by atoms with E-state index in [0.717, 1.165) is 16.5 Å². The molecule has 0 unspecified atom stereocenters. The summed E-state index contributed by atoms with van der Waals surface area (Å²) in [4.78, 5) is 32.0. The summed E-state index contributed by atoms with van der Waals surface area (Å²) in [5, 5.41) is 0.870. The minimum absolute atomic E-state index is 0.0213. The van der Waals surface area contributed by atoms with E-state index < -0.39 is 0 Å². The summed E-state index contributed by atoms with van der Waals surface area (Å²) < 4.78 is 13.4. The number of rotatable bonds is 4. The number of hydrogen-bond donors (Lipinski definition) is 1. The molecule has 144 valence electrons. The molecule has 0 bridgehead atoms. The molecule has 0 saturated carbocycles. The number of benzene rings is 2. The van der Waals surface area contributed by atoms with E-state index in [1.807, 2.05) is 24.3 Å². The number of carbonyl (C=O) groups is 2.